The summed E-state index contributed by atoms with van der Waals surface area (Å²) in [6.45, 7) is 6.77. The summed E-state index contributed by atoms with van der Waals surface area (Å²) in [4.78, 5) is 14.9. The van der Waals surface area contributed by atoms with Crippen molar-refractivity contribution in [3.63, 3.8) is 0 Å². The highest BCUT2D eigenvalue weighted by molar-refractivity contribution is 14.0. The lowest BCUT2D eigenvalue weighted by molar-refractivity contribution is 0.373. The molecule has 1 aliphatic rings. The number of nitrogens with one attached hydrogen (secondary N) is 1. The van der Waals surface area contributed by atoms with Crippen LogP contribution in [-0.2, 0) is 12.8 Å². The van der Waals surface area contributed by atoms with Gasteiger partial charge in [-0.25, -0.2) is 4.98 Å². The Labute approximate surface area is 187 Å². The number of para-hydroxylation sites is 1. The Morgan fingerprint density at radius 3 is 2.63 bits per heavy atom. The maximum atomic E-state index is 6.33. The van der Waals surface area contributed by atoms with E-state index >= 15 is 0 Å². The Balaban J connectivity index is 0.00000261. The number of rotatable bonds is 5. The van der Waals surface area contributed by atoms with Gasteiger partial charge in [0.05, 0.1) is 15.7 Å². The van der Waals surface area contributed by atoms with Gasteiger partial charge in [0.15, 0.2) is 5.96 Å². The standard InChI is InChI=1S/C19H26ClN5S.HI/c1-3-15-14-23-18(26-15)8-9-22-19(21-2)25-12-10-24(11-13-25)17-7-5-4-6-16(17)20;/h4-7,14H,3,8-13H2,1-2H3,(H,21,22);1H. The molecule has 1 aliphatic heterocycles. The van der Waals surface area contributed by atoms with E-state index in [1.54, 1.807) is 11.3 Å². The molecule has 0 saturated carbocycles. The first kappa shape index (κ1) is 22.2. The third-order valence-corrected chi connectivity index (χ3v) is 6.08. The number of piperazine rings is 1. The third kappa shape index (κ3) is 5.96. The number of aliphatic imine (C=N–C) groups is 1. The van der Waals surface area contributed by atoms with Crippen LogP contribution in [0.15, 0.2) is 35.5 Å². The summed E-state index contributed by atoms with van der Waals surface area (Å²) in [5.41, 5.74) is 1.12. The lowest BCUT2D eigenvalue weighted by atomic mass is 10.2. The van der Waals surface area contributed by atoms with Gasteiger partial charge in [0, 0.05) is 57.3 Å². The Morgan fingerprint density at radius 1 is 1.26 bits per heavy atom. The second-order valence-corrected chi connectivity index (χ2v) is 7.83. The number of nitrogens with zero attached hydrogens (tertiary/aromatic N) is 4. The van der Waals surface area contributed by atoms with E-state index in [4.69, 9.17) is 11.6 Å². The summed E-state index contributed by atoms with van der Waals surface area (Å²) in [6.07, 6.45) is 3.98. The number of thiazole rings is 1. The fraction of sp³-hybridized carbons (Fsp3) is 0.474. The summed E-state index contributed by atoms with van der Waals surface area (Å²) >= 11 is 8.13. The minimum atomic E-state index is 0. The molecule has 0 spiro atoms. The van der Waals surface area contributed by atoms with Crippen LogP contribution < -0.4 is 10.2 Å². The Hall–Kier alpha value is -1.06. The number of benzene rings is 1. The van der Waals surface area contributed by atoms with E-state index in [-0.39, 0.29) is 24.0 Å². The van der Waals surface area contributed by atoms with Gasteiger partial charge >= 0.3 is 0 Å². The van der Waals surface area contributed by atoms with Crippen molar-refractivity contribution < 1.29 is 0 Å². The van der Waals surface area contributed by atoms with Crippen LogP contribution in [0, 0.1) is 0 Å². The fourth-order valence-electron chi connectivity index (χ4n) is 3.11. The van der Waals surface area contributed by atoms with E-state index in [1.165, 1.54) is 9.88 Å². The molecule has 1 aromatic heterocycles. The highest BCUT2D eigenvalue weighted by Crippen LogP contribution is 2.26. The fourth-order valence-corrected chi connectivity index (χ4v) is 4.23. The summed E-state index contributed by atoms with van der Waals surface area (Å²) in [5, 5.41) is 5.49. The van der Waals surface area contributed by atoms with Gasteiger partial charge in [0.1, 0.15) is 0 Å². The van der Waals surface area contributed by atoms with Crippen LogP contribution in [0.3, 0.4) is 0 Å². The molecule has 3 rings (SSSR count). The summed E-state index contributed by atoms with van der Waals surface area (Å²) in [7, 11) is 1.85. The molecule has 5 nitrogen and oxygen atoms in total. The molecule has 0 bridgehead atoms. The first-order chi connectivity index (χ1) is 12.7. The molecule has 1 aromatic carbocycles. The van der Waals surface area contributed by atoms with Crippen molar-refractivity contribution in [3.8, 4) is 0 Å². The van der Waals surface area contributed by atoms with Crippen LogP contribution in [0.4, 0.5) is 5.69 Å². The van der Waals surface area contributed by atoms with Crippen LogP contribution in [0.5, 0.6) is 0 Å². The van der Waals surface area contributed by atoms with E-state index in [9.17, 15) is 0 Å². The largest absolute Gasteiger partial charge is 0.367 e. The molecule has 8 heteroatoms. The van der Waals surface area contributed by atoms with Crippen LogP contribution in [0.2, 0.25) is 5.02 Å². The highest BCUT2D eigenvalue weighted by atomic mass is 127. The normalized spacial score (nSPS) is 14.9. The van der Waals surface area contributed by atoms with Gasteiger partial charge in [0.25, 0.3) is 0 Å². The van der Waals surface area contributed by atoms with Gasteiger partial charge in [0.2, 0.25) is 0 Å². The number of aryl methyl sites for hydroxylation is 1. The molecular formula is C19H27ClIN5S. The maximum absolute atomic E-state index is 6.33. The lowest BCUT2D eigenvalue weighted by Gasteiger charge is -2.38. The molecule has 0 radical (unpaired) electrons. The molecule has 148 valence electrons. The average Bonchev–Trinajstić information content (AvgIpc) is 3.14. The van der Waals surface area contributed by atoms with Crippen molar-refractivity contribution in [2.45, 2.75) is 19.8 Å². The molecule has 0 atom stereocenters. The molecular weight excluding hydrogens is 493 g/mol. The van der Waals surface area contributed by atoms with E-state index in [1.807, 2.05) is 31.4 Å². The average molecular weight is 520 g/mol. The monoisotopic (exact) mass is 519 g/mol. The number of halogens is 2. The molecule has 27 heavy (non-hydrogen) atoms. The minimum absolute atomic E-state index is 0. The number of anilines is 1. The van der Waals surface area contributed by atoms with Crippen LogP contribution >= 0.6 is 46.9 Å². The molecule has 0 unspecified atom stereocenters. The molecule has 0 aliphatic carbocycles. The number of hydrogen-bond donors (Lipinski definition) is 1. The summed E-state index contributed by atoms with van der Waals surface area (Å²) in [6, 6.07) is 8.05. The zero-order valence-electron chi connectivity index (χ0n) is 15.8. The number of guanidine groups is 1. The van der Waals surface area contributed by atoms with Crippen molar-refractivity contribution in [2.24, 2.45) is 4.99 Å². The van der Waals surface area contributed by atoms with Gasteiger partial charge in [-0.2, -0.15) is 0 Å². The third-order valence-electron chi connectivity index (χ3n) is 4.56. The molecule has 2 heterocycles. The van der Waals surface area contributed by atoms with Crippen LogP contribution in [-0.4, -0.2) is 55.6 Å². The molecule has 1 N–H and O–H groups in total. The first-order valence-electron chi connectivity index (χ1n) is 9.10. The molecule has 2 aromatic rings. The van der Waals surface area contributed by atoms with Gasteiger partial charge in [-0.3, -0.25) is 4.99 Å². The summed E-state index contributed by atoms with van der Waals surface area (Å²) < 4.78 is 0. The topological polar surface area (TPSA) is 43.8 Å². The van der Waals surface area contributed by atoms with E-state index in [0.29, 0.717) is 0 Å². The zero-order valence-corrected chi connectivity index (χ0v) is 19.7. The second-order valence-electron chi connectivity index (χ2n) is 6.22. The predicted octanol–water partition coefficient (Wildman–Crippen LogP) is 3.92. The van der Waals surface area contributed by atoms with Crippen LogP contribution in [0.1, 0.15) is 16.8 Å². The maximum Gasteiger partial charge on any atom is 0.193 e. The number of hydrogen-bond acceptors (Lipinski definition) is 4. The minimum Gasteiger partial charge on any atom is -0.367 e. The SMILES string of the molecule is CCc1cnc(CCNC(=NC)N2CCN(c3ccccc3Cl)CC2)s1.I. The predicted molar refractivity (Wildman–Crippen MR) is 127 cm³/mol. The van der Waals surface area contributed by atoms with Gasteiger partial charge < -0.3 is 15.1 Å². The Morgan fingerprint density at radius 2 is 2.00 bits per heavy atom. The molecule has 1 saturated heterocycles. The van der Waals surface area contributed by atoms with Crippen molar-refractivity contribution in [3.05, 3.63) is 45.4 Å². The second kappa shape index (κ2) is 11.1. The van der Waals surface area contributed by atoms with Crippen molar-refractivity contribution in [1.29, 1.82) is 0 Å². The Bertz CT molecular complexity index is 743. The van der Waals surface area contributed by atoms with Gasteiger partial charge in [-0.05, 0) is 18.6 Å². The van der Waals surface area contributed by atoms with Gasteiger partial charge in [-0.15, -0.1) is 35.3 Å². The van der Waals surface area contributed by atoms with Crippen molar-refractivity contribution in [2.75, 3.05) is 44.7 Å². The quantitative estimate of drug-likeness (QED) is 0.369. The van der Waals surface area contributed by atoms with E-state index < -0.39 is 0 Å². The van der Waals surface area contributed by atoms with Crippen molar-refractivity contribution in [1.82, 2.24) is 15.2 Å². The lowest BCUT2D eigenvalue weighted by Crippen LogP contribution is -2.52. The first-order valence-corrected chi connectivity index (χ1v) is 10.3. The summed E-state index contributed by atoms with van der Waals surface area (Å²) in [5.74, 6) is 0.969. The Kier molecular flexibility index (Phi) is 9.11. The zero-order chi connectivity index (χ0) is 18.4. The molecule has 0 amide bonds. The van der Waals surface area contributed by atoms with E-state index in [2.05, 4.69) is 38.1 Å². The van der Waals surface area contributed by atoms with Gasteiger partial charge in [-0.1, -0.05) is 30.7 Å². The van der Waals surface area contributed by atoms with Crippen molar-refractivity contribution >= 4 is 58.6 Å². The smallest absolute Gasteiger partial charge is 0.193 e. The molecule has 1 fully saturated rings. The van der Waals surface area contributed by atoms with E-state index in [0.717, 1.165) is 62.2 Å². The highest BCUT2D eigenvalue weighted by Gasteiger charge is 2.20. The number of aromatic nitrogens is 1. The van der Waals surface area contributed by atoms with Crippen LogP contribution in [0.25, 0.3) is 0 Å².